The molecule has 0 aliphatic heterocycles. The third kappa shape index (κ3) is 4.00. The number of carbonyl (C=O) groups is 4. The van der Waals surface area contributed by atoms with E-state index in [1.54, 1.807) is 19.9 Å². The van der Waals surface area contributed by atoms with Crippen LogP contribution in [0.5, 0.6) is 0 Å². The zero-order valence-electron chi connectivity index (χ0n) is 22.6. The van der Waals surface area contributed by atoms with Gasteiger partial charge < -0.3 is 14.6 Å². The van der Waals surface area contributed by atoms with Crippen molar-refractivity contribution in [1.29, 1.82) is 0 Å². The molecule has 4 rings (SSSR count). The number of ether oxygens (including phenoxy) is 2. The van der Waals surface area contributed by atoms with Gasteiger partial charge in [0.05, 0.1) is 18.6 Å². The number of hydrogen-bond donors (Lipinski definition) is 1. The van der Waals surface area contributed by atoms with E-state index in [1.165, 1.54) is 12.2 Å². The third-order valence-corrected chi connectivity index (χ3v) is 10.3. The molecule has 8 atom stereocenters. The number of aliphatic hydroxyl groups excluding tert-OH is 1. The van der Waals surface area contributed by atoms with Crippen LogP contribution in [0, 0.1) is 28.6 Å². The van der Waals surface area contributed by atoms with Crippen molar-refractivity contribution >= 4 is 35.1 Å². The van der Waals surface area contributed by atoms with Crippen molar-refractivity contribution in [2.24, 2.45) is 28.6 Å². The molecule has 3 fully saturated rings. The van der Waals surface area contributed by atoms with Crippen LogP contribution in [0.2, 0.25) is 0 Å². The van der Waals surface area contributed by atoms with Gasteiger partial charge in [-0.05, 0) is 64.0 Å². The van der Waals surface area contributed by atoms with E-state index in [1.807, 2.05) is 13.8 Å². The number of hydrogen-bond acceptors (Lipinski definition) is 7. The Morgan fingerprint density at radius 2 is 1.87 bits per heavy atom. The summed E-state index contributed by atoms with van der Waals surface area (Å²) < 4.78 is 28.3. The van der Waals surface area contributed by atoms with Crippen molar-refractivity contribution in [2.75, 3.05) is 12.5 Å². The highest BCUT2D eigenvalue weighted by Gasteiger charge is 2.77. The Morgan fingerprint density at radius 1 is 1.18 bits per heavy atom. The Morgan fingerprint density at radius 3 is 2.53 bits per heavy atom. The van der Waals surface area contributed by atoms with Gasteiger partial charge in [0.15, 0.2) is 22.8 Å². The van der Waals surface area contributed by atoms with Crippen LogP contribution in [0.3, 0.4) is 0 Å². The number of alkyl halides is 2. The minimum atomic E-state index is -2.05. The van der Waals surface area contributed by atoms with Crippen molar-refractivity contribution in [2.45, 2.75) is 90.0 Å². The second kappa shape index (κ2) is 10.2. The van der Waals surface area contributed by atoms with Crippen LogP contribution in [-0.4, -0.2) is 58.5 Å². The second-order valence-corrected chi connectivity index (χ2v) is 12.1. The summed E-state index contributed by atoms with van der Waals surface area (Å²) >= 11 is 6.09. The molecule has 7 nitrogen and oxygen atoms in total. The molecular weight excluding hydrogens is 515 g/mol. The highest BCUT2D eigenvalue weighted by atomic mass is 35.5. The minimum absolute atomic E-state index is 0.0461. The monoisotopic (exact) mass is 552 g/mol. The molecule has 0 aromatic heterocycles. The Bertz CT molecular complexity index is 1090. The number of rotatable bonds is 8. The number of ketones is 2. The Labute approximate surface area is 228 Å². The fourth-order valence-electron chi connectivity index (χ4n) is 8.34. The van der Waals surface area contributed by atoms with E-state index in [9.17, 15) is 24.3 Å². The van der Waals surface area contributed by atoms with Crippen molar-refractivity contribution in [3.05, 3.63) is 23.8 Å². The molecule has 210 valence electrons. The smallest absolute Gasteiger partial charge is 0.306 e. The first-order valence-corrected chi connectivity index (χ1v) is 14.1. The van der Waals surface area contributed by atoms with Gasteiger partial charge >= 0.3 is 11.9 Å². The van der Waals surface area contributed by atoms with E-state index >= 15 is 4.39 Å². The van der Waals surface area contributed by atoms with Gasteiger partial charge in [0, 0.05) is 35.5 Å². The first-order chi connectivity index (χ1) is 17.8. The lowest BCUT2D eigenvalue weighted by molar-refractivity contribution is -0.227. The topological polar surface area (TPSA) is 107 Å². The van der Waals surface area contributed by atoms with Crippen LogP contribution in [-0.2, 0) is 28.7 Å². The third-order valence-electron chi connectivity index (χ3n) is 10.1. The quantitative estimate of drug-likeness (QED) is 0.351. The number of halogens is 2. The van der Waals surface area contributed by atoms with Crippen molar-refractivity contribution in [3.8, 4) is 0 Å². The fourth-order valence-corrected chi connectivity index (χ4v) is 8.54. The lowest BCUT2D eigenvalue weighted by atomic mass is 9.44. The minimum Gasteiger partial charge on any atom is -0.466 e. The highest BCUT2D eigenvalue weighted by molar-refractivity contribution is 6.29. The van der Waals surface area contributed by atoms with Crippen LogP contribution < -0.4 is 0 Å². The van der Waals surface area contributed by atoms with Gasteiger partial charge in [-0.2, -0.15) is 0 Å². The summed E-state index contributed by atoms with van der Waals surface area (Å²) in [6.07, 6.45) is 4.36. The highest BCUT2D eigenvalue weighted by Crippen LogP contribution is 2.71. The summed E-state index contributed by atoms with van der Waals surface area (Å²) in [6, 6.07) is 0. The van der Waals surface area contributed by atoms with Crippen molar-refractivity contribution in [3.63, 3.8) is 0 Å². The van der Waals surface area contributed by atoms with Crippen LogP contribution in [0.15, 0.2) is 23.8 Å². The zero-order chi connectivity index (χ0) is 28.1. The number of aliphatic hydroxyl groups is 1. The first kappa shape index (κ1) is 28.9. The fraction of sp³-hybridized carbons (Fsp3) is 0.724. The largest absolute Gasteiger partial charge is 0.466 e. The average Bonchev–Trinajstić information content (AvgIpc) is 3.07. The zero-order valence-corrected chi connectivity index (χ0v) is 23.3. The summed E-state index contributed by atoms with van der Waals surface area (Å²) in [4.78, 5) is 50.4. The maximum absolute atomic E-state index is 17.4. The van der Waals surface area contributed by atoms with Crippen molar-refractivity contribution < 1.29 is 38.1 Å². The summed E-state index contributed by atoms with van der Waals surface area (Å²) in [5.41, 5.74) is -5.21. The van der Waals surface area contributed by atoms with Gasteiger partial charge in [0.25, 0.3) is 0 Å². The number of fused-ring (bicyclic) bond motifs is 5. The SMILES string of the molecule is CCOC(=O)CCCC(=O)O[C@]1(C(=O)CCl)[C@@H](C)C[C@H]2[C@@H]3CCC4=CC(=O)C=C[C@]4(C)[C@@]3(F)[C@@H](O)C[C@@]21C. The molecule has 0 amide bonds. The summed E-state index contributed by atoms with van der Waals surface area (Å²) in [5, 5.41) is 11.5. The molecule has 0 spiro atoms. The molecule has 4 aliphatic carbocycles. The number of Topliss-reactive ketones (excluding diaryl/α,β-unsaturated/α-hetero) is 1. The van der Waals surface area contributed by atoms with Gasteiger partial charge in [-0.1, -0.05) is 25.5 Å². The molecule has 0 bridgehead atoms. The first-order valence-electron chi connectivity index (χ1n) is 13.6. The Hall–Kier alpha value is -2.06. The van der Waals surface area contributed by atoms with Crippen LogP contribution >= 0.6 is 11.6 Å². The van der Waals surface area contributed by atoms with E-state index in [0.29, 0.717) is 24.8 Å². The van der Waals surface area contributed by atoms with E-state index in [4.69, 9.17) is 21.1 Å². The average molecular weight is 553 g/mol. The van der Waals surface area contributed by atoms with Crippen LogP contribution in [0.1, 0.15) is 72.6 Å². The molecule has 9 heteroatoms. The molecule has 0 aromatic rings. The molecule has 0 radical (unpaired) electrons. The summed E-state index contributed by atoms with van der Waals surface area (Å²) in [6.45, 7) is 7.31. The van der Waals surface area contributed by atoms with E-state index in [2.05, 4.69) is 0 Å². The molecule has 3 saturated carbocycles. The second-order valence-electron chi connectivity index (χ2n) is 11.8. The van der Waals surface area contributed by atoms with Gasteiger partial charge in [0.2, 0.25) is 0 Å². The summed E-state index contributed by atoms with van der Waals surface area (Å²) in [7, 11) is 0. The van der Waals surface area contributed by atoms with Gasteiger partial charge in [-0.3, -0.25) is 19.2 Å². The Balaban J connectivity index is 1.68. The molecule has 4 aliphatic rings. The standard InChI is InChI=1S/C29H38ClFO7/c1-5-37-24(35)7-6-8-25(36)38-29(23(34)16-30)17(2)13-21-20-10-9-18-14-19(32)11-12-26(18,3)28(20,31)22(33)15-27(21,29)4/h11-12,14,17,20-22,33H,5-10,13,15-16H2,1-4H3/t17-,20-,21-,22-,26-,27-,28-,29-/m0/s1. The van der Waals surface area contributed by atoms with Crippen LogP contribution in [0.4, 0.5) is 4.39 Å². The molecular formula is C29H38ClFO7. The number of carbonyl (C=O) groups excluding carboxylic acids is 4. The van der Waals surface area contributed by atoms with Gasteiger partial charge in [0.1, 0.15) is 0 Å². The normalized spacial score (nSPS) is 41.4. The predicted octanol–water partition coefficient (Wildman–Crippen LogP) is 4.43. The van der Waals surface area contributed by atoms with E-state index < -0.39 is 57.8 Å². The molecule has 0 aromatic carbocycles. The molecule has 0 heterocycles. The molecule has 0 saturated heterocycles. The maximum atomic E-state index is 17.4. The van der Waals surface area contributed by atoms with Crippen LogP contribution in [0.25, 0.3) is 0 Å². The van der Waals surface area contributed by atoms with Gasteiger partial charge in [-0.15, -0.1) is 11.6 Å². The maximum Gasteiger partial charge on any atom is 0.306 e. The van der Waals surface area contributed by atoms with Crippen molar-refractivity contribution in [1.82, 2.24) is 0 Å². The Kier molecular flexibility index (Phi) is 7.74. The molecule has 1 N–H and O–H groups in total. The molecule has 38 heavy (non-hydrogen) atoms. The van der Waals surface area contributed by atoms with Gasteiger partial charge in [-0.25, -0.2) is 4.39 Å². The lowest BCUT2D eigenvalue weighted by Gasteiger charge is -2.62. The lowest BCUT2D eigenvalue weighted by Crippen LogP contribution is -2.70. The van der Waals surface area contributed by atoms with E-state index in [0.717, 1.165) is 0 Å². The number of esters is 2. The predicted molar refractivity (Wildman–Crippen MR) is 138 cm³/mol. The van der Waals surface area contributed by atoms with E-state index in [-0.39, 0.29) is 49.9 Å². The number of allylic oxidation sites excluding steroid dienone is 4. The molecule has 0 unspecified atom stereocenters. The summed E-state index contributed by atoms with van der Waals surface area (Å²) in [5.74, 6) is -3.53.